The van der Waals surface area contributed by atoms with Crippen LogP contribution < -0.4 is 9.47 Å². The van der Waals surface area contributed by atoms with Crippen molar-refractivity contribution in [2.24, 2.45) is 0 Å². The van der Waals surface area contributed by atoms with Crippen LogP contribution in [0.2, 0.25) is 0 Å². The highest BCUT2D eigenvalue weighted by Gasteiger charge is 2.10. The van der Waals surface area contributed by atoms with Crippen LogP contribution in [-0.2, 0) is 17.8 Å². The van der Waals surface area contributed by atoms with Gasteiger partial charge in [-0.3, -0.25) is 4.79 Å². The van der Waals surface area contributed by atoms with Gasteiger partial charge in [-0.1, -0.05) is 30.3 Å². The maximum atomic E-state index is 10.7. The van der Waals surface area contributed by atoms with Crippen molar-refractivity contribution in [3.63, 3.8) is 0 Å². The number of carbonyl (C=O) groups excluding carboxylic acids is 1. The molecule has 3 rings (SSSR count). The zero-order valence-electron chi connectivity index (χ0n) is 15.2. The van der Waals surface area contributed by atoms with Gasteiger partial charge in [0.25, 0.3) is 5.89 Å². The van der Waals surface area contributed by atoms with Crippen molar-refractivity contribution in [2.75, 3.05) is 7.11 Å². The summed E-state index contributed by atoms with van der Waals surface area (Å²) in [6, 6.07) is 15.3. The van der Waals surface area contributed by atoms with E-state index in [0.29, 0.717) is 29.7 Å². The number of rotatable bonds is 8. The Labute approximate surface area is 157 Å². The Morgan fingerprint density at radius 3 is 2.63 bits per heavy atom. The molecule has 0 unspecified atom stereocenters. The largest absolute Gasteiger partial charge is 0.496 e. The molecule has 0 saturated carbocycles. The number of hydrogen-bond donors (Lipinski definition) is 0. The van der Waals surface area contributed by atoms with E-state index in [1.54, 1.807) is 19.2 Å². The number of benzene rings is 2. The molecule has 138 valence electrons. The molecular formula is C21H20N2O4. The fourth-order valence-corrected chi connectivity index (χ4v) is 2.61. The minimum Gasteiger partial charge on any atom is -0.496 e. The normalized spacial score (nSPS) is 11.3. The molecule has 0 aliphatic carbocycles. The third-order valence-electron chi connectivity index (χ3n) is 3.99. The van der Waals surface area contributed by atoms with Crippen LogP contribution in [-0.4, -0.2) is 23.6 Å². The number of nitrogens with zero attached hydrogens (tertiary/aromatic N) is 2. The number of allylic oxidation sites excluding steroid dienone is 2. The van der Waals surface area contributed by atoms with E-state index in [0.717, 1.165) is 23.0 Å². The number of ether oxygens (including phenoxy) is 2. The standard InChI is InChI=1S/C21H20N2O4/c1-15(10-11-24)18-9-8-17(13-19(18)25-2)26-14-21-23-22-20(27-21)12-16-6-4-3-5-7-16/h3-11,13H,12,14H2,1-2H3/b15-10-. The molecule has 6 heteroatoms. The molecule has 0 spiro atoms. The predicted molar refractivity (Wildman–Crippen MR) is 101 cm³/mol. The van der Waals surface area contributed by atoms with Gasteiger partial charge < -0.3 is 13.9 Å². The highest BCUT2D eigenvalue weighted by Crippen LogP contribution is 2.30. The molecule has 0 atom stereocenters. The van der Waals surface area contributed by atoms with E-state index in [9.17, 15) is 4.79 Å². The first-order valence-corrected chi connectivity index (χ1v) is 8.48. The van der Waals surface area contributed by atoms with Crippen LogP contribution in [0.3, 0.4) is 0 Å². The van der Waals surface area contributed by atoms with E-state index < -0.39 is 0 Å². The molecule has 1 heterocycles. The summed E-state index contributed by atoms with van der Waals surface area (Å²) in [6.07, 6.45) is 2.82. The van der Waals surface area contributed by atoms with Gasteiger partial charge in [0, 0.05) is 11.6 Å². The minimum atomic E-state index is 0.160. The van der Waals surface area contributed by atoms with Gasteiger partial charge in [0.1, 0.15) is 17.8 Å². The van der Waals surface area contributed by atoms with E-state index in [2.05, 4.69) is 10.2 Å². The third kappa shape index (κ3) is 4.82. The first-order valence-electron chi connectivity index (χ1n) is 8.48. The van der Waals surface area contributed by atoms with Crippen LogP contribution >= 0.6 is 0 Å². The van der Waals surface area contributed by atoms with Gasteiger partial charge in [0.2, 0.25) is 5.89 Å². The molecule has 1 aromatic heterocycles. The van der Waals surface area contributed by atoms with E-state index >= 15 is 0 Å². The minimum absolute atomic E-state index is 0.160. The number of aldehydes is 1. The van der Waals surface area contributed by atoms with Crippen LogP contribution in [0, 0.1) is 0 Å². The molecule has 0 aliphatic heterocycles. The lowest BCUT2D eigenvalue weighted by Crippen LogP contribution is -1.97. The molecule has 3 aromatic rings. The Hall–Kier alpha value is -3.41. The lowest BCUT2D eigenvalue weighted by atomic mass is 10.1. The fourth-order valence-electron chi connectivity index (χ4n) is 2.61. The summed E-state index contributed by atoms with van der Waals surface area (Å²) in [5.41, 5.74) is 2.75. The smallest absolute Gasteiger partial charge is 0.253 e. The molecular weight excluding hydrogens is 344 g/mol. The zero-order valence-corrected chi connectivity index (χ0v) is 15.2. The van der Waals surface area contributed by atoms with Gasteiger partial charge in [-0.05, 0) is 36.3 Å². The SMILES string of the molecule is COc1cc(OCc2nnc(Cc3ccccc3)o2)ccc1/C(C)=C\C=O. The third-order valence-corrected chi connectivity index (χ3v) is 3.99. The highest BCUT2D eigenvalue weighted by molar-refractivity contribution is 5.82. The lowest BCUT2D eigenvalue weighted by molar-refractivity contribution is -0.104. The van der Waals surface area contributed by atoms with Crippen LogP contribution in [0.15, 0.2) is 59.0 Å². The molecule has 2 aromatic carbocycles. The number of carbonyl (C=O) groups is 1. The van der Waals surface area contributed by atoms with Gasteiger partial charge in [0.15, 0.2) is 6.61 Å². The van der Waals surface area contributed by atoms with Gasteiger partial charge >= 0.3 is 0 Å². The van der Waals surface area contributed by atoms with Gasteiger partial charge in [0.05, 0.1) is 13.5 Å². The molecule has 0 amide bonds. The van der Waals surface area contributed by atoms with Crippen molar-refractivity contribution in [3.05, 3.63) is 77.5 Å². The second kappa shape index (κ2) is 8.80. The molecule has 0 aliphatic rings. The summed E-state index contributed by atoms with van der Waals surface area (Å²) >= 11 is 0. The Balaban J connectivity index is 1.65. The van der Waals surface area contributed by atoms with E-state index in [-0.39, 0.29) is 6.61 Å². The summed E-state index contributed by atoms with van der Waals surface area (Å²) < 4.78 is 16.7. The van der Waals surface area contributed by atoms with Crippen molar-refractivity contribution < 1.29 is 18.7 Å². The average molecular weight is 364 g/mol. The second-order valence-electron chi connectivity index (χ2n) is 5.89. The summed E-state index contributed by atoms with van der Waals surface area (Å²) in [7, 11) is 1.57. The summed E-state index contributed by atoms with van der Waals surface area (Å²) in [5, 5.41) is 8.07. The van der Waals surface area contributed by atoms with Crippen LogP contribution in [0.25, 0.3) is 5.57 Å². The summed E-state index contributed by atoms with van der Waals surface area (Å²) in [4.78, 5) is 10.7. The predicted octanol–water partition coefficient (Wildman–Crippen LogP) is 3.85. The Morgan fingerprint density at radius 1 is 1.11 bits per heavy atom. The van der Waals surface area contributed by atoms with Gasteiger partial charge in [-0.2, -0.15) is 0 Å². The maximum absolute atomic E-state index is 10.7. The molecule has 6 nitrogen and oxygen atoms in total. The van der Waals surface area contributed by atoms with Gasteiger partial charge in [-0.25, -0.2) is 0 Å². The van der Waals surface area contributed by atoms with Crippen LogP contribution in [0.5, 0.6) is 11.5 Å². The van der Waals surface area contributed by atoms with Crippen molar-refractivity contribution in [1.29, 1.82) is 0 Å². The first kappa shape index (κ1) is 18.4. The summed E-state index contributed by atoms with van der Waals surface area (Å²) in [6.45, 7) is 2.01. The highest BCUT2D eigenvalue weighted by atomic mass is 16.5. The number of methoxy groups -OCH3 is 1. The van der Waals surface area contributed by atoms with Crippen molar-refractivity contribution >= 4 is 11.9 Å². The second-order valence-corrected chi connectivity index (χ2v) is 5.89. The quantitative estimate of drug-likeness (QED) is 0.446. The molecule has 0 bridgehead atoms. The first-order chi connectivity index (χ1) is 13.2. The molecule has 27 heavy (non-hydrogen) atoms. The molecule has 0 saturated heterocycles. The Kier molecular flexibility index (Phi) is 5.99. The topological polar surface area (TPSA) is 74.5 Å². The molecule has 0 radical (unpaired) electrons. The fraction of sp³-hybridized carbons (Fsp3) is 0.190. The van der Waals surface area contributed by atoms with E-state index in [1.807, 2.05) is 43.3 Å². The Morgan fingerprint density at radius 2 is 1.89 bits per heavy atom. The zero-order chi connectivity index (χ0) is 19.1. The monoisotopic (exact) mass is 364 g/mol. The van der Waals surface area contributed by atoms with Crippen molar-refractivity contribution in [3.8, 4) is 11.5 Å². The van der Waals surface area contributed by atoms with E-state index in [1.165, 1.54) is 6.08 Å². The number of aromatic nitrogens is 2. The maximum Gasteiger partial charge on any atom is 0.253 e. The van der Waals surface area contributed by atoms with Crippen molar-refractivity contribution in [2.45, 2.75) is 20.0 Å². The van der Waals surface area contributed by atoms with Crippen LogP contribution in [0.4, 0.5) is 0 Å². The van der Waals surface area contributed by atoms with Gasteiger partial charge in [-0.15, -0.1) is 10.2 Å². The summed E-state index contributed by atoms with van der Waals surface area (Å²) in [5.74, 6) is 2.18. The number of hydrogen-bond acceptors (Lipinski definition) is 6. The van der Waals surface area contributed by atoms with Crippen molar-refractivity contribution in [1.82, 2.24) is 10.2 Å². The van der Waals surface area contributed by atoms with Crippen LogP contribution in [0.1, 0.15) is 29.8 Å². The molecule has 0 fully saturated rings. The molecule has 0 N–H and O–H groups in total. The van der Waals surface area contributed by atoms with E-state index in [4.69, 9.17) is 13.9 Å². The Bertz CT molecular complexity index is 932. The average Bonchev–Trinajstić information content (AvgIpc) is 3.14. The lowest BCUT2D eigenvalue weighted by Gasteiger charge is -2.11.